The number of benzene rings is 1. The van der Waals surface area contributed by atoms with Crippen LogP contribution in [-0.4, -0.2) is 57.5 Å². The van der Waals surface area contributed by atoms with Gasteiger partial charge in [-0.3, -0.25) is 0 Å². The zero-order chi connectivity index (χ0) is 15.1. The quantitative estimate of drug-likeness (QED) is 0.752. The number of aliphatic hydroxyl groups excluding tert-OH is 1. The van der Waals surface area contributed by atoms with E-state index in [1.165, 1.54) is 0 Å². The maximum atomic E-state index is 10.4. The molecule has 0 saturated carbocycles. The summed E-state index contributed by atoms with van der Waals surface area (Å²) in [4.78, 5) is 2.10. The van der Waals surface area contributed by atoms with Crippen molar-refractivity contribution >= 4 is 0 Å². The van der Waals surface area contributed by atoms with Crippen molar-refractivity contribution in [1.82, 2.24) is 10.2 Å². The molecule has 20 heavy (non-hydrogen) atoms. The zero-order valence-electron chi connectivity index (χ0n) is 13.0. The molecular formula is C15H26N2O3. The SMILES string of the molecule is COc1ccc(C(O)C(C)NCCN(C)C)c(OC)c1. The molecule has 2 N–H and O–H groups in total. The second-order valence-electron chi connectivity index (χ2n) is 5.10. The number of nitrogens with zero attached hydrogens (tertiary/aromatic N) is 1. The summed E-state index contributed by atoms with van der Waals surface area (Å²) in [6.07, 6.45) is -0.627. The summed E-state index contributed by atoms with van der Waals surface area (Å²) in [7, 11) is 7.25. The van der Waals surface area contributed by atoms with Crippen LogP contribution in [0.4, 0.5) is 0 Å². The standard InChI is InChI=1S/C15H26N2O3/c1-11(16-8-9-17(2)3)15(18)13-7-6-12(19-4)10-14(13)20-5/h6-7,10-11,15-16,18H,8-9H2,1-5H3. The molecule has 114 valence electrons. The van der Waals surface area contributed by atoms with Gasteiger partial charge in [-0.1, -0.05) is 0 Å². The van der Waals surface area contributed by atoms with Crippen molar-refractivity contribution in [3.8, 4) is 11.5 Å². The van der Waals surface area contributed by atoms with Crippen LogP contribution in [0.3, 0.4) is 0 Å². The second kappa shape index (κ2) is 8.09. The first kappa shape index (κ1) is 16.8. The lowest BCUT2D eigenvalue weighted by Crippen LogP contribution is -2.36. The van der Waals surface area contributed by atoms with E-state index < -0.39 is 6.10 Å². The first-order valence-electron chi connectivity index (χ1n) is 6.77. The van der Waals surface area contributed by atoms with Gasteiger partial charge in [0.1, 0.15) is 11.5 Å². The fourth-order valence-corrected chi connectivity index (χ4v) is 1.96. The van der Waals surface area contributed by atoms with Gasteiger partial charge in [-0.15, -0.1) is 0 Å². The lowest BCUT2D eigenvalue weighted by molar-refractivity contribution is 0.131. The van der Waals surface area contributed by atoms with Gasteiger partial charge in [0.05, 0.1) is 20.3 Å². The number of rotatable bonds is 8. The largest absolute Gasteiger partial charge is 0.497 e. The van der Waals surface area contributed by atoms with E-state index in [9.17, 15) is 5.11 Å². The molecule has 0 aliphatic heterocycles. The van der Waals surface area contributed by atoms with Crippen molar-refractivity contribution in [3.05, 3.63) is 23.8 Å². The van der Waals surface area contributed by atoms with Crippen LogP contribution in [0.1, 0.15) is 18.6 Å². The predicted octanol–water partition coefficient (Wildman–Crippen LogP) is 1.28. The minimum absolute atomic E-state index is 0.0581. The van der Waals surface area contributed by atoms with Gasteiger partial charge in [0.25, 0.3) is 0 Å². The number of ether oxygens (including phenoxy) is 2. The van der Waals surface area contributed by atoms with Gasteiger partial charge in [-0.05, 0) is 33.2 Å². The summed E-state index contributed by atoms with van der Waals surface area (Å²) >= 11 is 0. The molecular weight excluding hydrogens is 256 g/mol. The predicted molar refractivity (Wildman–Crippen MR) is 80.5 cm³/mol. The van der Waals surface area contributed by atoms with Gasteiger partial charge in [-0.2, -0.15) is 0 Å². The van der Waals surface area contributed by atoms with Gasteiger partial charge in [0, 0.05) is 30.8 Å². The Balaban J connectivity index is 2.72. The molecule has 0 spiro atoms. The highest BCUT2D eigenvalue weighted by Gasteiger charge is 2.20. The number of methoxy groups -OCH3 is 2. The third-order valence-electron chi connectivity index (χ3n) is 3.26. The minimum atomic E-state index is -0.627. The molecule has 1 aromatic rings. The van der Waals surface area contributed by atoms with E-state index in [1.807, 2.05) is 33.2 Å². The molecule has 0 fully saturated rings. The average Bonchev–Trinajstić information content (AvgIpc) is 2.45. The van der Waals surface area contributed by atoms with E-state index in [4.69, 9.17) is 9.47 Å². The van der Waals surface area contributed by atoms with Crippen LogP contribution in [0.2, 0.25) is 0 Å². The van der Waals surface area contributed by atoms with Crippen LogP contribution in [0.25, 0.3) is 0 Å². The fraction of sp³-hybridized carbons (Fsp3) is 0.600. The smallest absolute Gasteiger partial charge is 0.128 e. The molecule has 0 bridgehead atoms. The monoisotopic (exact) mass is 282 g/mol. The molecule has 5 heteroatoms. The van der Waals surface area contributed by atoms with Crippen molar-refractivity contribution < 1.29 is 14.6 Å². The lowest BCUT2D eigenvalue weighted by Gasteiger charge is -2.23. The third-order valence-corrected chi connectivity index (χ3v) is 3.26. The number of aliphatic hydroxyl groups is 1. The number of likely N-dealkylation sites (N-methyl/N-ethyl adjacent to an activating group) is 1. The summed E-state index contributed by atoms with van der Waals surface area (Å²) in [5.41, 5.74) is 0.762. The molecule has 1 aromatic carbocycles. The maximum Gasteiger partial charge on any atom is 0.128 e. The Labute approximate surface area is 121 Å². The molecule has 2 unspecified atom stereocenters. The van der Waals surface area contributed by atoms with Crippen LogP contribution in [0.5, 0.6) is 11.5 Å². The summed E-state index contributed by atoms with van der Waals surface area (Å²) in [6, 6.07) is 5.39. The topological polar surface area (TPSA) is 54.0 Å². The Morgan fingerprint density at radius 3 is 2.50 bits per heavy atom. The van der Waals surface area contributed by atoms with Crippen LogP contribution < -0.4 is 14.8 Å². The van der Waals surface area contributed by atoms with Crippen molar-refractivity contribution in [2.24, 2.45) is 0 Å². The summed E-state index contributed by atoms with van der Waals surface area (Å²) in [5, 5.41) is 13.7. The molecule has 2 atom stereocenters. The van der Waals surface area contributed by atoms with Crippen molar-refractivity contribution in [3.63, 3.8) is 0 Å². The minimum Gasteiger partial charge on any atom is -0.497 e. The lowest BCUT2D eigenvalue weighted by atomic mass is 10.0. The van der Waals surface area contributed by atoms with E-state index in [-0.39, 0.29) is 6.04 Å². The molecule has 0 heterocycles. The summed E-state index contributed by atoms with van der Waals surface area (Å²) in [6.45, 7) is 3.71. The number of hydrogen-bond acceptors (Lipinski definition) is 5. The Morgan fingerprint density at radius 1 is 1.25 bits per heavy atom. The van der Waals surface area contributed by atoms with Gasteiger partial charge in [0.15, 0.2) is 0 Å². The Kier molecular flexibility index (Phi) is 6.78. The molecule has 0 aliphatic carbocycles. The Hall–Kier alpha value is -1.30. The van der Waals surface area contributed by atoms with E-state index in [0.29, 0.717) is 11.5 Å². The third kappa shape index (κ3) is 4.67. The highest BCUT2D eigenvalue weighted by Crippen LogP contribution is 2.30. The first-order chi connectivity index (χ1) is 9.49. The van der Waals surface area contributed by atoms with E-state index >= 15 is 0 Å². The van der Waals surface area contributed by atoms with Crippen LogP contribution in [0.15, 0.2) is 18.2 Å². The summed E-state index contributed by atoms with van der Waals surface area (Å²) in [5.74, 6) is 1.35. The van der Waals surface area contributed by atoms with E-state index in [1.54, 1.807) is 20.3 Å². The number of nitrogens with one attached hydrogen (secondary N) is 1. The van der Waals surface area contributed by atoms with Gasteiger partial charge < -0.3 is 24.8 Å². The van der Waals surface area contributed by atoms with Gasteiger partial charge >= 0.3 is 0 Å². The van der Waals surface area contributed by atoms with Crippen LogP contribution in [0, 0.1) is 0 Å². The molecule has 0 saturated heterocycles. The molecule has 1 rings (SSSR count). The highest BCUT2D eigenvalue weighted by atomic mass is 16.5. The molecule has 0 aliphatic rings. The van der Waals surface area contributed by atoms with Crippen molar-refractivity contribution in [2.45, 2.75) is 19.1 Å². The van der Waals surface area contributed by atoms with Crippen molar-refractivity contribution in [2.75, 3.05) is 41.4 Å². The maximum absolute atomic E-state index is 10.4. The van der Waals surface area contributed by atoms with Crippen molar-refractivity contribution in [1.29, 1.82) is 0 Å². The Bertz CT molecular complexity index is 410. The number of hydrogen-bond donors (Lipinski definition) is 2. The van der Waals surface area contributed by atoms with Gasteiger partial charge in [0.2, 0.25) is 0 Å². The second-order valence-corrected chi connectivity index (χ2v) is 5.10. The fourth-order valence-electron chi connectivity index (χ4n) is 1.96. The van der Waals surface area contributed by atoms with E-state index in [2.05, 4.69) is 10.2 Å². The molecule has 0 aromatic heterocycles. The average molecular weight is 282 g/mol. The van der Waals surface area contributed by atoms with Crippen LogP contribution >= 0.6 is 0 Å². The van der Waals surface area contributed by atoms with Gasteiger partial charge in [-0.25, -0.2) is 0 Å². The zero-order valence-corrected chi connectivity index (χ0v) is 13.0. The molecule has 0 radical (unpaired) electrons. The first-order valence-corrected chi connectivity index (χ1v) is 6.77. The molecule has 5 nitrogen and oxygen atoms in total. The highest BCUT2D eigenvalue weighted by molar-refractivity contribution is 5.42. The normalized spacial score (nSPS) is 14.2. The Morgan fingerprint density at radius 2 is 1.95 bits per heavy atom. The van der Waals surface area contributed by atoms with E-state index in [0.717, 1.165) is 18.7 Å². The van der Waals surface area contributed by atoms with Crippen LogP contribution in [-0.2, 0) is 0 Å². The summed E-state index contributed by atoms with van der Waals surface area (Å²) < 4.78 is 10.5. The molecule has 0 amide bonds.